The van der Waals surface area contributed by atoms with Crippen LogP contribution in [0.15, 0.2) is 53.4 Å². The SMILES string of the molecule is CNC(=O)c1ccccc1S(=O)Cc1ccc(C(F)(F)F)cc1. The summed E-state index contributed by atoms with van der Waals surface area (Å²) in [6.07, 6.45) is -4.40. The summed E-state index contributed by atoms with van der Waals surface area (Å²) in [6, 6.07) is 10.9. The van der Waals surface area contributed by atoms with Gasteiger partial charge in [-0.3, -0.25) is 9.00 Å². The number of carbonyl (C=O) groups excluding carboxylic acids is 1. The molecule has 0 aromatic heterocycles. The summed E-state index contributed by atoms with van der Waals surface area (Å²) in [5.41, 5.74) is 0.0427. The summed E-state index contributed by atoms with van der Waals surface area (Å²) in [6.45, 7) is 0. The molecule has 0 spiro atoms. The van der Waals surface area contributed by atoms with Crippen LogP contribution in [-0.2, 0) is 22.7 Å². The van der Waals surface area contributed by atoms with Crippen LogP contribution in [0.2, 0.25) is 0 Å². The van der Waals surface area contributed by atoms with E-state index in [0.717, 1.165) is 12.1 Å². The lowest BCUT2D eigenvalue weighted by Gasteiger charge is -2.10. The first-order chi connectivity index (χ1) is 10.8. The van der Waals surface area contributed by atoms with E-state index < -0.39 is 22.5 Å². The lowest BCUT2D eigenvalue weighted by atomic mass is 10.1. The smallest absolute Gasteiger partial charge is 0.355 e. The Morgan fingerprint density at radius 3 is 2.26 bits per heavy atom. The van der Waals surface area contributed by atoms with Crippen LogP contribution in [0.3, 0.4) is 0 Å². The Labute approximate surface area is 134 Å². The molecule has 0 aliphatic rings. The van der Waals surface area contributed by atoms with Crippen molar-refractivity contribution in [1.29, 1.82) is 0 Å². The maximum absolute atomic E-state index is 12.5. The van der Waals surface area contributed by atoms with Crippen LogP contribution in [0, 0.1) is 0 Å². The van der Waals surface area contributed by atoms with Gasteiger partial charge in [-0.25, -0.2) is 0 Å². The third kappa shape index (κ3) is 4.19. The number of nitrogens with one attached hydrogen (secondary N) is 1. The van der Waals surface area contributed by atoms with Gasteiger partial charge in [-0.05, 0) is 29.8 Å². The summed E-state index contributed by atoms with van der Waals surface area (Å²) >= 11 is 0. The van der Waals surface area contributed by atoms with Crippen molar-refractivity contribution in [3.63, 3.8) is 0 Å². The highest BCUT2D eigenvalue weighted by Crippen LogP contribution is 2.29. The Hall–Kier alpha value is -2.15. The zero-order chi connectivity index (χ0) is 17.0. The topological polar surface area (TPSA) is 46.2 Å². The van der Waals surface area contributed by atoms with Gasteiger partial charge >= 0.3 is 6.18 Å². The van der Waals surface area contributed by atoms with E-state index in [0.29, 0.717) is 16.0 Å². The molecule has 1 unspecified atom stereocenters. The van der Waals surface area contributed by atoms with E-state index in [1.807, 2.05) is 0 Å². The number of amides is 1. The van der Waals surface area contributed by atoms with Gasteiger partial charge < -0.3 is 5.32 Å². The Balaban J connectivity index is 2.22. The Bertz CT molecular complexity index is 727. The van der Waals surface area contributed by atoms with Gasteiger partial charge in [0.15, 0.2) is 0 Å². The van der Waals surface area contributed by atoms with Gasteiger partial charge in [0.05, 0.1) is 32.6 Å². The molecule has 0 saturated carbocycles. The number of halogens is 3. The van der Waals surface area contributed by atoms with Crippen molar-refractivity contribution in [3.05, 3.63) is 65.2 Å². The van der Waals surface area contributed by atoms with Gasteiger partial charge in [0.25, 0.3) is 5.91 Å². The number of alkyl halides is 3. The Kier molecular flexibility index (Phi) is 5.20. The van der Waals surface area contributed by atoms with Crippen molar-refractivity contribution >= 4 is 16.7 Å². The second kappa shape index (κ2) is 6.95. The maximum Gasteiger partial charge on any atom is 0.416 e. The molecule has 2 aromatic rings. The number of rotatable bonds is 4. The number of hydrogen-bond acceptors (Lipinski definition) is 2. The van der Waals surface area contributed by atoms with Crippen molar-refractivity contribution in [2.75, 3.05) is 7.05 Å². The molecule has 0 bridgehead atoms. The zero-order valence-corrected chi connectivity index (χ0v) is 13.0. The van der Waals surface area contributed by atoms with E-state index in [9.17, 15) is 22.2 Å². The van der Waals surface area contributed by atoms with Gasteiger partial charge in [-0.1, -0.05) is 24.3 Å². The molecular weight excluding hydrogens is 327 g/mol. The fourth-order valence-corrected chi connectivity index (χ4v) is 3.29. The first-order valence-corrected chi connectivity index (χ1v) is 8.00. The summed E-state index contributed by atoms with van der Waals surface area (Å²) in [5, 5.41) is 2.47. The van der Waals surface area contributed by atoms with Crippen LogP contribution < -0.4 is 5.32 Å². The average Bonchev–Trinajstić information content (AvgIpc) is 2.53. The van der Waals surface area contributed by atoms with Gasteiger partial charge in [-0.15, -0.1) is 0 Å². The second-order valence-electron chi connectivity index (χ2n) is 4.76. The highest BCUT2D eigenvalue weighted by molar-refractivity contribution is 7.84. The minimum absolute atomic E-state index is 0.0339. The standard InChI is InChI=1S/C16H14F3NO2S/c1-20-15(21)13-4-2-3-5-14(13)23(22)10-11-6-8-12(9-7-11)16(17,18)19/h2-9H,10H2,1H3,(H,20,21). The molecule has 3 nitrogen and oxygen atoms in total. The fraction of sp³-hybridized carbons (Fsp3) is 0.188. The molecule has 0 aliphatic carbocycles. The lowest BCUT2D eigenvalue weighted by molar-refractivity contribution is -0.137. The first-order valence-electron chi connectivity index (χ1n) is 6.68. The van der Waals surface area contributed by atoms with Gasteiger partial charge in [0, 0.05) is 7.05 Å². The van der Waals surface area contributed by atoms with Gasteiger partial charge in [0.1, 0.15) is 0 Å². The zero-order valence-electron chi connectivity index (χ0n) is 12.2. The minimum atomic E-state index is -4.40. The Morgan fingerprint density at radius 2 is 1.70 bits per heavy atom. The minimum Gasteiger partial charge on any atom is -0.355 e. The predicted molar refractivity (Wildman–Crippen MR) is 81.4 cm³/mol. The van der Waals surface area contributed by atoms with E-state index in [1.54, 1.807) is 24.3 Å². The third-order valence-corrected chi connectivity index (χ3v) is 4.63. The van der Waals surface area contributed by atoms with Crippen LogP contribution in [0.1, 0.15) is 21.5 Å². The largest absolute Gasteiger partial charge is 0.416 e. The molecule has 1 amide bonds. The van der Waals surface area contributed by atoms with Crippen molar-refractivity contribution in [3.8, 4) is 0 Å². The third-order valence-electron chi connectivity index (χ3n) is 3.18. The highest BCUT2D eigenvalue weighted by atomic mass is 32.2. The number of carbonyl (C=O) groups is 1. The van der Waals surface area contributed by atoms with E-state index in [2.05, 4.69) is 5.32 Å². The summed E-state index contributed by atoms with van der Waals surface area (Å²) < 4.78 is 50.0. The summed E-state index contributed by atoms with van der Waals surface area (Å²) in [7, 11) is -0.0678. The van der Waals surface area contributed by atoms with Crippen LogP contribution in [-0.4, -0.2) is 17.2 Å². The second-order valence-corrected chi connectivity index (χ2v) is 6.18. The van der Waals surface area contributed by atoms with E-state index >= 15 is 0 Å². The average molecular weight is 341 g/mol. The molecule has 23 heavy (non-hydrogen) atoms. The van der Waals surface area contributed by atoms with Crippen molar-refractivity contribution < 1.29 is 22.2 Å². The molecule has 0 heterocycles. The first kappa shape index (κ1) is 17.2. The number of benzene rings is 2. The molecule has 122 valence electrons. The van der Waals surface area contributed by atoms with Crippen LogP contribution >= 0.6 is 0 Å². The fourth-order valence-electron chi connectivity index (χ4n) is 2.01. The molecule has 2 aromatic carbocycles. The van der Waals surface area contributed by atoms with E-state index in [4.69, 9.17) is 0 Å². The highest BCUT2D eigenvalue weighted by Gasteiger charge is 2.30. The Morgan fingerprint density at radius 1 is 1.09 bits per heavy atom. The number of hydrogen-bond donors (Lipinski definition) is 1. The normalized spacial score (nSPS) is 12.7. The van der Waals surface area contributed by atoms with Crippen LogP contribution in [0.25, 0.3) is 0 Å². The lowest BCUT2D eigenvalue weighted by Crippen LogP contribution is -2.20. The molecule has 0 saturated heterocycles. The molecule has 0 aliphatic heterocycles. The molecular formula is C16H14F3NO2S. The molecule has 0 fully saturated rings. The molecule has 1 atom stereocenters. The summed E-state index contributed by atoms with van der Waals surface area (Å²) in [4.78, 5) is 12.1. The van der Waals surface area contributed by atoms with Crippen molar-refractivity contribution in [2.45, 2.75) is 16.8 Å². The predicted octanol–water partition coefficient (Wildman–Crippen LogP) is 3.37. The van der Waals surface area contributed by atoms with Gasteiger partial charge in [0.2, 0.25) is 0 Å². The van der Waals surface area contributed by atoms with Crippen LogP contribution in [0.4, 0.5) is 13.2 Å². The maximum atomic E-state index is 12.5. The molecule has 1 N–H and O–H groups in total. The monoisotopic (exact) mass is 341 g/mol. The molecule has 7 heteroatoms. The van der Waals surface area contributed by atoms with E-state index in [1.165, 1.54) is 19.2 Å². The quantitative estimate of drug-likeness (QED) is 0.927. The van der Waals surface area contributed by atoms with Crippen molar-refractivity contribution in [2.24, 2.45) is 0 Å². The summed E-state index contributed by atoms with van der Waals surface area (Å²) in [5.74, 6) is -0.326. The van der Waals surface area contributed by atoms with Crippen molar-refractivity contribution in [1.82, 2.24) is 5.32 Å². The van der Waals surface area contributed by atoms with Crippen LogP contribution in [0.5, 0.6) is 0 Å². The van der Waals surface area contributed by atoms with E-state index in [-0.39, 0.29) is 11.7 Å². The molecule has 2 rings (SSSR count). The molecule has 0 radical (unpaired) electrons. The van der Waals surface area contributed by atoms with Gasteiger partial charge in [-0.2, -0.15) is 13.2 Å².